The Balaban J connectivity index is 0.000000231. The Morgan fingerprint density at radius 2 is 1.14 bits per heavy atom. The fraction of sp³-hybridized carbons (Fsp3) is 0.517. The number of anilines is 2. The molecule has 2 aliphatic heterocycles. The number of benzene rings is 2. The average molecular weight is 593 g/mol. The normalized spacial score (nSPS) is 16.0. The van der Waals surface area contributed by atoms with Crippen molar-refractivity contribution in [3.05, 3.63) is 47.5 Å². The van der Waals surface area contributed by atoms with Crippen LogP contribution in [-0.4, -0.2) is 102 Å². The van der Waals surface area contributed by atoms with E-state index in [0.29, 0.717) is 18.0 Å². The first-order valence-corrected chi connectivity index (χ1v) is 13.7. The Bertz CT molecular complexity index is 1210. The summed E-state index contributed by atoms with van der Waals surface area (Å²) in [5, 5.41) is 18.5. The van der Waals surface area contributed by atoms with Crippen molar-refractivity contribution in [2.45, 2.75) is 20.1 Å². The lowest BCUT2D eigenvalue weighted by Gasteiger charge is -2.36. The van der Waals surface area contributed by atoms with Gasteiger partial charge in [-0.1, -0.05) is 19.1 Å². The van der Waals surface area contributed by atoms with Gasteiger partial charge < -0.3 is 28.9 Å². The lowest BCUT2D eigenvalue weighted by Crippen LogP contribution is -2.47. The van der Waals surface area contributed by atoms with Crippen LogP contribution in [0.3, 0.4) is 0 Å². The van der Waals surface area contributed by atoms with Gasteiger partial charge in [-0.25, -0.2) is 0 Å². The second kappa shape index (κ2) is 16.6. The van der Waals surface area contributed by atoms with E-state index in [1.54, 1.807) is 31.4 Å². The van der Waals surface area contributed by atoms with E-state index in [1.165, 1.54) is 12.1 Å². The number of hydrogen-bond donors (Lipinski definition) is 0. The molecule has 42 heavy (non-hydrogen) atoms. The van der Waals surface area contributed by atoms with E-state index >= 15 is 0 Å². The first-order chi connectivity index (χ1) is 20.3. The minimum atomic E-state index is -2.94. The van der Waals surface area contributed by atoms with Gasteiger partial charge in [-0.2, -0.15) is 28.1 Å². The zero-order chi connectivity index (χ0) is 30.5. The maximum atomic E-state index is 12.4. The highest BCUT2D eigenvalue weighted by molar-refractivity contribution is 5.66. The van der Waals surface area contributed by atoms with Gasteiger partial charge in [0.1, 0.15) is 34.8 Å². The maximum absolute atomic E-state index is 12.4. The Hall–Kier alpha value is -3.78. The zero-order valence-corrected chi connectivity index (χ0v) is 23.8. The number of likely N-dealkylation sites (N-methyl/N-ethyl adjacent to an activating group) is 1. The number of alkyl halides is 4. The Labute approximate surface area is 244 Å². The largest absolute Gasteiger partial charge is 0.433 e. The highest BCUT2D eigenvalue weighted by Crippen LogP contribution is 2.31. The Morgan fingerprint density at radius 3 is 1.50 bits per heavy atom. The van der Waals surface area contributed by atoms with Crippen LogP contribution in [0.5, 0.6) is 11.5 Å². The summed E-state index contributed by atoms with van der Waals surface area (Å²) in [7, 11) is 1.67. The summed E-state index contributed by atoms with van der Waals surface area (Å²) >= 11 is 0. The molecule has 228 valence electrons. The summed E-state index contributed by atoms with van der Waals surface area (Å²) < 4.78 is 63.5. The highest BCUT2D eigenvalue weighted by atomic mass is 19.3. The van der Waals surface area contributed by atoms with Gasteiger partial charge in [0, 0.05) is 66.0 Å². The third-order valence-electron chi connectivity index (χ3n) is 7.15. The van der Waals surface area contributed by atoms with Crippen molar-refractivity contribution in [1.82, 2.24) is 9.80 Å². The molecule has 13 heteroatoms. The molecule has 2 aromatic rings. The van der Waals surface area contributed by atoms with Gasteiger partial charge in [0.25, 0.3) is 0 Å². The molecule has 0 saturated carbocycles. The molecule has 0 radical (unpaired) electrons. The van der Waals surface area contributed by atoms with Crippen LogP contribution < -0.4 is 19.3 Å². The number of piperazine rings is 2. The van der Waals surface area contributed by atoms with E-state index in [-0.39, 0.29) is 22.6 Å². The minimum absolute atomic E-state index is 0.0575. The second-order valence-corrected chi connectivity index (χ2v) is 9.52. The number of nitrogens with zero attached hydrogens (tertiary/aromatic N) is 6. The first-order valence-electron chi connectivity index (χ1n) is 13.7. The van der Waals surface area contributed by atoms with E-state index in [9.17, 15) is 28.1 Å². The summed E-state index contributed by atoms with van der Waals surface area (Å²) in [6.45, 7) is 5.30. The smallest absolute Gasteiger partial charge is 0.387 e. The second-order valence-electron chi connectivity index (χ2n) is 9.52. The lowest BCUT2D eigenvalue weighted by atomic mass is 10.1. The predicted molar refractivity (Wildman–Crippen MR) is 150 cm³/mol. The molecule has 9 nitrogen and oxygen atoms in total. The van der Waals surface area contributed by atoms with Crippen LogP contribution in [-0.2, 0) is 4.74 Å². The standard InChI is InChI=1S/C15H19F2N3O2.C14H17F2N3O/c1-21-10-9-19-5-7-20(8-6-19)13-3-2-4-14(12(13)11-18)22-15(16)17;1-2-18-6-8-19(9-7-18)12-4-3-5-13(11(12)10-17)20-14(15)16/h2-4,15H,5-10H2,1H3;3-5,14H,2,6-9H2,1H3. The van der Waals surface area contributed by atoms with Crippen LogP contribution in [0.15, 0.2) is 36.4 Å². The van der Waals surface area contributed by atoms with E-state index in [0.717, 1.165) is 65.4 Å². The zero-order valence-electron chi connectivity index (χ0n) is 23.8. The number of rotatable bonds is 10. The molecule has 0 atom stereocenters. The molecule has 2 heterocycles. The lowest BCUT2D eigenvalue weighted by molar-refractivity contribution is -0.0506. The molecular formula is C29H36F4N6O3. The highest BCUT2D eigenvalue weighted by Gasteiger charge is 2.23. The summed E-state index contributed by atoms with van der Waals surface area (Å²) in [6, 6.07) is 13.6. The Kier molecular flexibility index (Phi) is 12.9. The molecule has 2 fully saturated rings. The molecule has 4 rings (SSSR count). The quantitative estimate of drug-likeness (QED) is 0.376. The number of hydrogen-bond acceptors (Lipinski definition) is 9. The van der Waals surface area contributed by atoms with Gasteiger partial charge >= 0.3 is 13.2 Å². The van der Waals surface area contributed by atoms with Crippen molar-refractivity contribution in [2.75, 3.05) is 89.0 Å². The van der Waals surface area contributed by atoms with E-state index < -0.39 is 13.2 Å². The summed E-state index contributed by atoms with van der Waals surface area (Å²) in [6.07, 6.45) is 0. The molecular weight excluding hydrogens is 556 g/mol. The molecule has 2 saturated heterocycles. The SMILES string of the molecule is CCN1CCN(c2cccc(OC(F)F)c2C#N)CC1.COCCN1CCN(c2cccc(OC(F)F)c2C#N)CC1. The molecule has 2 aliphatic rings. The van der Waals surface area contributed by atoms with Crippen molar-refractivity contribution in [3.63, 3.8) is 0 Å². The number of ether oxygens (including phenoxy) is 3. The molecule has 0 aliphatic carbocycles. The third-order valence-corrected chi connectivity index (χ3v) is 7.15. The molecule has 0 aromatic heterocycles. The van der Waals surface area contributed by atoms with Crippen LogP contribution in [0.25, 0.3) is 0 Å². The maximum Gasteiger partial charge on any atom is 0.387 e. The van der Waals surface area contributed by atoms with Gasteiger partial charge in [-0.05, 0) is 30.8 Å². The fourth-order valence-corrected chi connectivity index (χ4v) is 4.92. The number of halogens is 4. The molecule has 0 spiro atoms. The van der Waals surface area contributed by atoms with Gasteiger partial charge in [0.2, 0.25) is 0 Å². The molecule has 2 aromatic carbocycles. The van der Waals surface area contributed by atoms with E-state index in [4.69, 9.17) is 4.74 Å². The Morgan fingerprint density at radius 1 is 0.714 bits per heavy atom. The topological polar surface area (TPSA) is 88.2 Å². The molecule has 0 N–H and O–H groups in total. The number of nitriles is 2. The van der Waals surface area contributed by atoms with Crippen LogP contribution in [0, 0.1) is 22.7 Å². The summed E-state index contributed by atoms with van der Waals surface area (Å²) in [5.74, 6) is -0.130. The molecule has 0 bridgehead atoms. The monoisotopic (exact) mass is 592 g/mol. The average Bonchev–Trinajstić information content (AvgIpc) is 3.00. The van der Waals surface area contributed by atoms with Crippen LogP contribution in [0.4, 0.5) is 28.9 Å². The van der Waals surface area contributed by atoms with Crippen molar-refractivity contribution < 1.29 is 31.8 Å². The molecule has 0 amide bonds. The third kappa shape index (κ3) is 9.11. The van der Waals surface area contributed by atoms with Crippen molar-refractivity contribution in [3.8, 4) is 23.6 Å². The fourth-order valence-electron chi connectivity index (χ4n) is 4.92. The summed E-state index contributed by atoms with van der Waals surface area (Å²) in [4.78, 5) is 8.65. The molecule has 0 unspecified atom stereocenters. The van der Waals surface area contributed by atoms with Crippen LogP contribution >= 0.6 is 0 Å². The van der Waals surface area contributed by atoms with Gasteiger partial charge in [-0.15, -0.1) is 0 Å². The van der Waals surface area contributed by atoms with Gasteiger partial charge in [-0.3, -0.25) is 4.90 Å². The van der Waals surface area contributed by atoms with Crippen molar-refractivity contribution in [1.29, 1.82) is 10.5 Å². The van der Waals surface area contributed by atoms with Gasteiger partial charge in [0.05, 0.1) is 18.0 Å². The van der Waals surface area contributed by atoms with E-state index in [2.05, 4.69) is 26.2 Å². The van der Waals surface area contributed by atoms with Crippen LogP contribution in [0.1, 0.15) is 18.1 Å². The first kappa shape index (κ1) is 32.7. The van der Waals surface area contributed by atoms with Crippen LogP contribution in [0.2, 0.25) is 0 Å². The van der Waals surface area contributed by atoms with Crippen molar-refractivity contribution in [2.24, 2.45) is 0 Å². The predicted octanol–water partition coefficient (Wildman–Crippen LogP) is 4.23. The van der Waals surface area contributed by atoms with E-state index in [1.807, 2.05) is 21.9 Å². The minimum Gasteiger partial charge on any atom is -0.433 e. The van der Waals surface area contributed by atoms with Crippen molar-refractivity contribution >= 4 is 11.4 Å². The van der Waals surface area contributed by atoms with Gasteiger partial charge in [0.15, 0.2) is 0 Å². The summed E-state index contributed by atoms with van der Waals surface area (Å²) in [5.41, 5.74) is 1.65. The number of methoxy groups -OCH3 is 1.